The summed E-state index contributed by atoms with van der Waals surface area (Å²) in [5.41, 5.74) is 0. The minimum atomic E-state index is -0.125. The Bertz CT molecular complexity index is 334. The van der Waals surface area contributed by atoms with Crippen LogP contribution in [0.4, 0.5) is 0 Å². The van der Waals surface area contributed by atoms with Crippen LogP contribution in [-0.2, 0) is 0 Å². The minimum absolute atomic E-state index is 0.125. The first-order valence-corrected chi connectivity index (χ1v) is 9.77. The smallest absolute Gasteiger partial charge is 0.0566 e. The summed E-state index contributed by atoms with van der Waals surface area (Å²) in [7, 11) is 0. The summed E-state index contributed by atoms with van der Waals surface area (Å²) < 4.78 is 0. The average Bonchev–Trinajstić information content (AvgIpc) is 3.21. The first-order chi connectivity index (χ1) is 10.6. The van der Waals surface area contributed by atoms with E-state index in [1.54, 1.807) is 0 Å². The number of piperidine rings is 1. The lowest BCUT2D eigenvalue weighted by Gasteiger charge is -2.40. The summed E-state index contributed by atoms with van der Waals surface area (Å²) in [6.45, 7) is 7.97. The number of hydrogen-bond donors (Lipinski definition) is 2. The largest absolute Gasteiger partial charge is 0.393 e. The molecule has 2 aliphatic carbocycles. The van der Waals surface area contributed by atoms with Crippen LogP contribution in [-0.4, -0.2) is 47.8 Å². The summed E-state index contributed by atoms with van der Waals surface area (Å²) in [4.78, 5) is 2.72. The Kier molecular flexibility index (Phi) is 5.80. The molecule has 2 saturated carbocycles. The average molecular weight is 309 g/mol. The third-order valence-electron chi connectivity index (χ3n) is 6.14. The van der Waals surface area contributed by atoms with Gasteiger partial charge in [-0.3, -0.25) is 4.90 Å². The van der Waals surface area contributed by atoms with Crippen molar-refractivity contribution in [1.82, 2.24) is 10.2 Å². The zero-order chi connectivity index (χ0) is 15.5. The van der Waals surface area contributed by atoms with E-state index in [0.29, 0.717) is 17.9 Å². The van der Waals surface area contributed by atoms with E-state index < -0.39 is 0 Å². The van der Waals surface area contributed by atoms with Crippen LogP contribution >= 0.6 is 0 Å². The Morgan fingerprint density at radius 3 is 2.41 bits per heavy atom. The predicted molar refractivity (Wildman–Crippen MR) is 91.9 cm³/mol. The van der Waals surface area contributed by atoms with Crippen LogP contribution in [0.25, 0.3) is 0 Å². The molecule has 128 valence electrons. The van der Waals surface area contributed by atoms with Crippen molar-refractivity contribution in [2.45, 2.75) is 83.4 Å². The monoisotopic (exact) mass is 308 g/mol. The summed E-state index contributed by atoms with van der Waals surface area (Å²) >= 11 is 0. The number of nitrogens with zero attached hydrogens (tertiary/aromatic N) is 1. The van der Waals surface area contributed by atoms with Crippen molar-refractivity contribution in [1.29, 1.82) is 0 Å². The van der Waals surface area contributed by atoms with Gasteiger partial charge in [-0.2, -0.15) is 0 Å². The van der Waals surface area contributed by atoms with E-state index in [4.69, 9.17) is 0 Å². The SMILES string of the molecule is CC(C)C(O)CC1CC(NCC2CCCC2)CN(C2CC2)C1. The molecule has 0 aromatic rings. The Balaban J connectivity index is 1.50. The van der Waals surface area contributed by atoms with Crippen LogP contribution in [0.5, 0.6) is 0 Å². The molecule has 3 rings (SSSR count). The first-order valence-electron chi connectivity index (χ1n) is 9.77. The van der Waals surface area contributed by atoms with Crippen molar-refractivity contribution in [3.05, 3.63) is 0 Å². The lowest BCUT2D eigenvalue weighted by Crippen LogP contribution is -2.51. The van der Waals surface area contributed by atoms with Crippen molar-refractivity contribution in [2.75, 3.05) is 19.6 Å². The van der Waals surface area contributed by atoms with E-state index >= 15 is 0 Å². The van der Waals surface area contributed by atoms with Gasteiger partial charge in [0.2, 0.25) is 0 Å². The highest BCUT2D eigenvalue weighted by atomic mass is 16.3. The number of likely N-dealkylation sites (tertiary alicyclic amines) is 1. The fraction of sp³-hybridized carbons (Fsp3) is 1.00. The van der Waals surface area contributed by atoms with E-state index in [2.05, 4.69) is 24.1 Å². The van der Waals surface area contributed by atoms with Gasteiger partial charge in [0, 0.05) is 25.2 Å². The highest BCUT2D eigenvalue weighted by molar-refractivity contribution is 4.93. The maximum atomic E-state index is 10.3. The van der Waals surface area contributed by atoms with E-state index in [1.807, 2.05) is 0 Å². The standard InChI is InChI=1S/C19H36N2O/c1-14(2)19(22)10-16-9-17(13-21(12-16)18-7-8-18)20-11-15-5-3-4-6-15/h14-20,22H,3-13H2,1-2H3. The van der Waals surface area contributed by atoms with Crippen LogP contribution < -0.4 is 5.32 Å². The molecule has 3 heteroatoms. The number of rotatable bonds is 7. The van der Waals surface area contributed by atoms with E-state index in [9.17, 15) is 5.11 Å². The number of hydrogen-bond acceptors (Lipinski definition) is 3. The second-order valence-corrected chi connectivity index (χ2v) is 8.59. The predicted octanol–water partition coefficient (Wildman–Crippen LogP) is 3.03. The normalized spacial score (nSPS) is 32.7. The van der Waals surface area contributed by atoms with Gasteiger partial charge in [0.1, 0.15) is 0 Å². The van der Waals surface area contributed by atoms with Gasteiger partial charge >= 0.3 is 0 Å². The third kappa shape index (κ3) is 4.69. The maximum absolute atomic E-state index is 10.3. The van der Waals surface area contributed by atoms with Gasteiger partial charge in [-0.1, -0.05) is 26.7 Å². The van der Waals surface area contributed by atoms with Crippen molar-refractivity contribution in [3.8, 4) is 0 Å². The highest BCUT2D eigenvalue weighted by Crippen LogP contribution is 2.33. The molecule has 3 nitrogen and oxygen atoms in total. The molecule has 1 saturated heterocycles. The molecule has 0 amide bonds. The van der Waals surface area contributed by atoms with Gasteiger partial charge in [-0.05, 0) is 62.8 Å². The van der Waals surface area contributed by atoms with E-state index in [0.717, 1.165) is 18.4 Å². The van der Waals surface area contributed by atoms with Crippen LogP contribution in [0.3, 0.4) is 0 Å². The quantitative estimate of drug-likeness (QED) is 0.759. The van der Waals surface area contributed by atoms with Crippen molar-refractivity contribution < 1.29 is 5.11 Å². The van der Waals surface area contributed by atoms with Gasteiger partial charge in [0.25, 0.3) is 0 Å². The second kappa shape index (κ2) is 7.63. The molecule has 0 aromatic carbocycles. The summed E-state index contributed by atoms with van der Waals surface area (Å²) in [5.74, 6) is 1.99. The molecule has 0 spiro atoms. The molecule has 3 fully saturated rings. The highest BCUT2D eigenvalue weighted by Gasteiger charge is 2.36. The van der Waals surface area contributed by atoms with Crippen LogP contribution in [0.1, 0.15) is 65.2 Å². The van der Waals surface area contributed by atoms with Crippen LogP contribution in [0.15, 0.2) is 0 Å². The van der Waals surface area contributed by atoms with Crippen LogP contribution in [0, 0.1) is 17.8 Å². The Labute approximate surface area is 136 Å². The summed E-state index contributed by atoms with van der Waals surface area (Å²) in [5, 5.41) is 14.2. The zero-order valence-electron chi connectivity index (χ0n) is 14.6. The lowest BCUT2D eigenvalue weighted by molar-refractivity contribution is 0.0587. The summed E-state index contributed by atoms with van der Waals surface area (Å²) in [6, 6.07) is 1.51. The van der Waals surface area contributed by atoms with Gasteiger partial charge in [0.15, 0.2) is 0 Å². The fourth-order valence-corrected chi connectivity index (χ4v) is 4.46. The van der Waals surface area contributed by atoms with Crippen LogP contribution in [0.2, 0.25) is 0 Å². The Hall–Kier alpha value is -0.120. The summed E-state index contributed by atoms with van der Waals surface area (Å²) in [6.07, 6.45) is 10.7. The lowest BCUT2D eigenvalue weighted by atomic mass is 9.86. The molecule has 1 heterocycles. The van der Waals surface area contributed by atoms with E-state index in [-0.39, 0.29) is 6.10 Å². The van der Waals surface area contributed by atoms with Crippen molar-refractivity contribution >= 4 is 0 Å². The fourth-order valence-electron chi connectivity index (χ4n) is 4.46. The van der Waals surface area contributed by atoms with Gasteiger partial charge in [-0.25, -0.2) is 0 Å². The molecule has 22 heavy (non-hydrogen) atoms. The van der Waals surface area contributed by atoms with Crippen molar-refractivity contribution in [2.24, 2.45) is 17.8 Å². The molecule has 3 aliphatic rings. The van der Waals surface area contributed by atoms with Gasteiger partial charge in [0.05, 0.1) is 6.10 Å². The molecular weight excluding hydrogens is 272 g/mol. The molecule has 0 radical (unpaired) electrons. The molecular formula is C19H36N2O. The topological polar surface area (TPSA) is 35.5 Å². The van der Waals surface area contributed by atoms with E-state index in [1.165, 1.54) is 64.6 Å². The molecule has 0 aromatic heterocycles. The first kappa shape index (κ1) is 16.7. The molecule has 3 atom stereocenters. The molecule has 1 aliphatic heterocycles. The number of aliphatic hydroxyl groups is 1. The Morgan fingerprint density at radius 1 is 1.05 bits per heavy atom. The zero-order valence-corrected chi connectivity index (χ0v) is 14.6. The van der Waals surface area contributed by atoms with Crippen molar-refractivity contribution in [3.63, 3.8) is 0 Å². The Morgan fingerprint density at radius 2 is 1.77 bits per heavy atom. The molecule has 2 N–H and O–H groups in total. The van der Waals surface area contributed by atoms with Gasteiger partial charge in [-0.15, -0.1) is 0 Å². The maximum Gasteiger partial charge on any atom is 0.0566 e. The molecule has 3 unspecified atom stereocenters. The number of nitrogens with one attached hydrogen (secondary N) is 1. The number of aliphatic hydroxyl groups excluding tert-OH is 1. The minimum Gasteiger partial charge on any atom is -0.393 e. The molecule has 0 bridgehead atoms. The van der Waals surface area contributed by atoms with Gasteiger partial charge < -0.3 is 10.4 Å². The third-order valence-corrected chi connectivity index (χ3v) is 6.14. The second-order valence-electron chi connectivity index (χ2n) is 8.59.